The fourth-order valence-electron chi connectivity index (χ4n) is 1.27. The molecule has 0 amide bonds. The maximum Gasteiger partial charge on any atom is 0.455 e. The van der Waals surface area contributed by atoms with E-state index in [-0.39, 0.29) is 13.2 Å². The van der Waals surface area contributed by atoms with Crippen molar-refractivity contribution >= 4 is 0 Å². The van der Waals surface area contributed by atoms with Crippen molar-refractivity contribution in [1.82, 2.24) is 0 Å². The van der Waals surface area contributed by atoms with Crippen LogP contribution in [0.15, 0.2) is 24.3 Å². The molecule has 0 spiro atoms. The van der Waals surface area contributed by atoms with Crippen molar-refractivity contribution in [2.45, 2.75) is 25.3 Å². The predicted molar refractivity (Wildman–Crippen MR) is 55.0 cm³/mol. The number of alkyl halides is 5. The summed E-state index contributed by atoms with van der Waals surface area (Å²) in [6.07, 6.45) is -5.60. The molecule has 0 unspecified atom stereocenters. The molecule has 0 aliphatic rings. The molecule has 1 aromatic rings. The van der Waals surface area contributed by atoms with Crippen LogP contribution in [0.3, 0.4) is 0 Å². The minimum absolute atomic E-state index is 0.162. The average Bonchev–Trinajstić information content (AvgIpc) is 2.28. The summed E-state index contributed by atoms with van der Waals surface area (Å²) < 4.78 is 65.1. The molecule has 1 aromatic carbocycles. The van der Waals surface area contributed by atoms with E-state index in [4.69, 9.17) is 5.73 Å². The minimum Gasteiger partial charge on any atom is -0.370 e. The van der Waals surface area contributed by atoms with Gasteiger partial charge in [0.15, 0.2) is 0 Å². The van der Waals surface area contributed by atoms with Gasteiger partial charge in [0.25, 0.3) is 0 Å². The predicted octanol–water partition coefficient (Wildman–Crippen LogP) is 2.86. The molecule has 0 aliphatic carbocycles. The molecule has 0 atom stereocenters. The van der Waals surface area contributed by atoms with Gasteiger partial charge in [-0.15, -0.1) is 0 Å². The zero-order valence-electron chi connectivity index (χ0n) is 9.31. The molecule has 0 saturated carbocycles. The van der Waals surface area contributed by atoms with Crippen molar-refractivity contribution in [2.24, 2.45) is 5.73 Å². The maximum absolute atomic E-state index is 12.5. The highest BCUT2D eigenvalue weighted by atomic mass is 19.4. The Balaban J connectivity index is 2.57. The Kier molecular flexibility index (Phi) is 4.64. The highest BCUT2D eigenvalue weighted by Crippen LogP contribution is 2.35. The van der Waals surface area contributed by atoms with Crippen molar-refractivity contribution in [3.05, 3.63) is 35.4 Å². The number of halogens is 5. The van der Waals surface area contributed by atoms with Gasteiger partial charge in [0.05, 0.1) is 6.61 Å². The first-order valence-electron chi connectivity index (χ1n) is 5.07. The number of hydrogen-bond donors (Lipinski definition) is 1. The first-order chi connectivity index (χ1) is 8.28. The SMILES string of the molecule is NCc1ccccc1COCC(F)(F)C(F)(F)F. The summed E-state index contributed by atoms with van der Waals surface area (Å²) in [4.78, 5) is 0. The zero-order valence-corrected chi connectivity index (χ0v) is 9.31. The van der Waals surface area contributed by atoms with Gasteiger partial charge >= 0.3 is 12.1 Å². The van der Waals surface area contributed by atoms with Gasteiger partial charge in [-0.3, -0.25) is 0 Å². The number of nitrogens with two attached hydrogens (primary N) is 1. The molecule has 0 aromatic heterocycles. The van der Waals surface area contributed by atoms with Crippen LogP contribution in [0.1, 0.15) is 11.1 Å². The normalized spacial score (nSPS) is 12.8. The molecule has 0 heterocycles. The summed E-state index contributed by atoms with van der Waals surface area (Å²) >= 11 is 0. The standard InChI is InChI=1S/C11H12F5NO/c12-10(13,11(14,15)16)7-18-6-9-4-2-1-3-8(9)5-17/h1-4H,5-7,17H2. The molecule has 0 radical (unpaired) electrons. The lowest BCUT2D eigenvalue weighted by atomic mass is 10.1. The summed E-state index contributed by atoms with van der Waals surface area (Å²) in [5.41, 5.74) is 6.54. The second-order valence-corrected chi connectivity index (χ2v) is 3.67. The summed E-state index contributed by atoms with van der Waals surface area (Å²) in [5, 5.41) is 0. The molecule has 1 rings (SSSR count). The Hall–Kier alpha value is -1.21. The second-order valence-electron chi connectivity index (χ2n) is 3.67. The van der Waals surface area contributed by atoms with E-state index in [0.717, 1.165) is 0 Å². The average molecular weight is 269 g/mol. The second kappa shape index (κ2) is 5.62. The van der Waals surface area contributed by atoms with Crippen LogP contribution in [-0.4, -0.2) is 18.7 Å². The van der Waals surface area contributed by atoms with Crippen molar-refractivity contribution in [3.63, 3.8) is 0 Å². The van der Waals surface area contributed by atoms with E-state index < -0.39 is 18.7 Å². The highest BCUT2D eigenvalue weighted by Gasteiger charge is 2.57. The Morgan fingerprint density at radius 3 is 2.06 bits per heavy atom. The molecule has 2 N–H and O–H groups in total. The van der Waals surface area contributed by atoms with Crippen LogP contribution >= 0.6 is 0 Å². The van der Waals surface area contributed by atoms with E-state index >= 15 is 0 Å². The first kappa shape index (κ1) is 14.8. The fourth-order valence-corrected chi connectivity index (χ4v) is 1.27. The van der Waals surface area contributed by atoms with Crippen LogP contribution in [0, 0.1) is 0 Å². The van der Waals surface area contributed by atoms with E-state index in [1.54, 1.807) is 24.3 Å². The van der Waals surface area contributed by atoms with E-state index in [9.17, 15) is 22.0 Å². The third kappa shape index (κ3) is 3.64. The summed E-state index contributed by atoms with van der Waals surface area (Å²) in [7, 11) is 0. The van der Waals surface area contributed by atoms with Gasteiger partial charge in [-0.05, 0) is 11.1 Å². The summed E-state index contributed by atoms with van der Waals surface area (Å²) in [5.74, 6) is -4.84. The van der Waals surface area contributed by atoms with Gasteiger partial charge in [0.1, 0.15) is 6.61 Å². The molecular formula is C11H12F5NO. The number of hydrogen-bond acceptors (Lipinski definition) is 2. The quantitative estimate of drug-likeness (QED) is 0.834. The Morgan fingerprint density at radius 2 is 1.56 bits per heavy atom. The summed E-state index contributed by atoms with van der Waals surface area (Å²) in [6, 6.07) is 6.53. The topological polar surface area (TPSA) is 35.2 Å². The van der Waals surface area contributed by atoms with Gasteiger partial charge in [-0.1, -0.05) is 24.3 Å². The maximum atomic E-state index is 12.5. The lowest BCUT2D eigenvalue weighted by molar-refractivity contribution is -0.297. The number of rotatable bonds is 5. The molecule has 0 bridgehead atoms. The van der Waals surface area contributed by atoms with Crippen molar-refractivity contribution in [2.75, 3.05) is 6.61 Å². The largest absolute Gasteiger partial charge is 0.455 e. The molecule has 102 valence electrons. The van der Waals surface area contributed by atoms with Crippen molar-refractivity contribution < 1.29 is 26.7 Å². The highest BCUT2D eigenvalue weighted by molar-refractivity contribution is 5.26. The van der Waals surface area contributed by atoms with Crippen LogP contribution in [0.25, 0.3) is 0 Å². The van der Waals surface area contributed by atoms with Gasteiger partial charge in [0, 0.05) is 6.54 Å². The molecule has 18 heavy (non-hydrogen) atoms. The van der Waals surface area contributed by atoms with Gasteiger partial charge < -0.3 is 10.5 Å². The van der Waals surface area contributed by atoms with E-state index in [0.29, 0.717) is 11.1 Å². The van der Waals surface area contributed by atoms with Crippen molar-refractivity contribution in [3.8, 4) is 0 Å². The Morgan fingerprint density at radius 1 is 1.00 bits per heavy atom. The van der Waals surface area contributed by atoms with Crippen LogP contribution in [0.5, 0.6) is 0 Å². The lowest BCUT2D eigenvalue weighted by Gasteiger charge is -2.19. The number of benzene rings is 1. The van der Waals surface area contributed by atoms with E-state index in [1.165, 1.54) is 0 Å². The van der Waals surface area contributed by atoms with Gasteiger partial charge in [0.2, 0.25) is 0 Å². The Labute approximate surface area is 101 Å². The molecule has 2 nitrogen and oxygen atoms in total. The van der Waals surface area contributed by atoms with Gasteiger partial charge in [-0.25, -0.2) is 0 Å². The van der Waals surface area contributed by atoms with Crippen LogP contribution in [-0.2, 0) is 17.9 Å². The fraction of sp³-hybridized carbons (Fsp3) is 0.455. The van der Waals surface area contributed by atoms with E-state index in [1.807, 2.05) is 0 Å². The smallest absolute Gasteiger partial charge is 0.370 e. The lowest BCUT2D eigenvalue weighted by Crippen LogP contribution is -2.40. The van der Waals surface area contributed by atoms with Crippen molar-refractivity contribution in [1.29, 1.82) is 0 Å². The first-order valence-corrected chi connectivity index (χ1v) is 5.07. The third-order valence-electron chi connectivity index (χ3n) is 2.29. The summed E-state index contributed by atoms with van der Waals surface area (Å²) in [6.45, 7) is -1.87. The number of ether oxygens (including phenoxy) is 1. The minimum atomic E-state index is -5.60. The van der Waals surface area contributed by atoms with Crippen LogP contribution in [0.2, 0.25) is 0 Å². The molecule has 0 fully saturated rings. The zero-order chi connectivity index (χ0) is 13.8. The third-order valence-corrected chi connectivity index (χ3v) is 2.29. The van der Waals surface area contributed by atoms with E-state index in [2.05, 4.69) is 4.74 Å². The van der Waals surface area contributed by atoms with Gasteiger partial charge in [-0.2, -0.15) is 22.0 Å². The van der Waals surface area contributed by atoms with Crippen LogP contribution in [0.4, 0.5) is 22.0 Å². The molecule has 0 saturated heterocycles. The van der Waals surface area contributed by atoms with Crippen LogP contribution < -0.4 is 5.73 Å². The molecule has 0 aliphatic heterocycles. The monoisotopic (exact) mass is 269 g/mol. The molecule has 7 heteroatoms. The molecular weight excluding hydrogens is 257 g/mol. The Bertz CT molecular complexity index is 391.